The van der Waals surface area contributed by atoms with E-state index >= 15 is 0 Å². The molecule has 192 valence electrons. The Morgan fingerprint density at radius 2 is 1.86 bits per heavy atom. The minimum Gasteiger partial charge on any atom is -0.502 e. The third-order valence-electron chi connectivity index (χ3n) is 5.77. The van der Waals surface area contributed by atoms with E-state index in [9.17, 15) is 27.5 Å². The maximum absolute atomic E-state index is 14.1. The van der Waals surface area contributed by atoms with Gasteiger partial charge in [0.2, 0.25) is 11.7 Å². The van der Waals surface area contributed by atoms with Crippen molar-refractivity contribution in [2.75, 3.05) is 26.9 Å². The monoisotopic (exact) mass is 509 g/mol. The van der Waals surface area contributed by atoms with Gasteiger partial charge in [-0.1, -0.05) is 6.07 Å². The molecule has 36 heavy (non-hydrogen) atoms. The smallest absolute Gasteiger partial charge is 0.502 e. The number of carbonyl (C=O) groups is 1. The van der Waals surface area contributed by atoms with E-state index in [0.717, 1.165) is 6.07 Å². The summed E-state index contributed by atoms with van der Waals surface area (Å²) in [6.45, 7) is 2.80. The molecule has 1 aliphatic heterocycles. The second-order valence-corrected chi connectivity index (χ2v) is 8.12. The number of ether oxygens (including phenoxy) is 4. The highest BCUT2D eigenvalue weighted by Gasteiger charge is 2.33. The first kappa shape index (κ1) is 25.5. The maximum Gasteiger partial charge on any atom is 0.573 e. The minimum atomic E-state index is -5.03. The molecule has 2 aliphatic rings. The van der Waals surface area contributed by atoms with Crippen LogP contribution in [0.25, 0.3) is 17.2 Å². The second kappa shape index (κ2) is 10.2. The van der Waals surface area contributed by atoms with Gasteiger partial charge < -0.3 is 29.4 Å². The number of phenols is 1. The van der Waals surface area contributed by atoms with Crippen molar-refractivity contribution in [3.05, 3.63) is 58.4 Å². The molecule has 1 heterocycles. The summed E-state index contributed by atoms with van der Waals surface area (Å²) in [7, 11) is 1.19. The Balaban J connectivity index is 1.69. The van der Waals surface area contributed by atoms with Gasteiger partial charge in [0, 0.05) is 0 Å². The molecular weight excluding hydrogens is 486 g/mol. The summed E-state index contributed by atoms with van der Waals surface area (Å²) in [5.41, 5.74) is 3.11. The first-order valence-electron chi connectivity index (χ1n) is 10.9. The summed E-state index contributed by atoms with van der Waals surface area (Å²) in [4.78, 5) is 12.6. The van der Waals surface area contributed by atoms with Gasteiger partial charge in [0.1, 0.15) is 5.82 Å². The molecule has 0 bridgehead atoms. The number of alkyl halides is 3. The van der Waals surface area contributed by atoms with E-state index in [2.05, 4.69) is 10.1 Å². The van der Waals surface area contributed by atoms with Crippen LogP contribution in [0.1, 0.15) is 30.0 Å². The van der Waals surface area contributed by atoms with Crippen LogP contribution in [0.4, 0.5) is 17.6 Å². The highest BCUT2D eigenvalue weighted by molar-refractivity contribution is 6.08. The molecule has 0 radical (unpaired) electrons. The van der Waals surface area contributed by atoms with Crippen molar-refractivity contribution in [2.45, 2.75) is 26.0 Å². The topological polar surface area (TPSA) is 86.3 Å². The first-order valence-corrected chi connectivity index (χ1v) is 10.9. The van der Waals surface area contributed by atoms with E-state index in [0.29, 0.717) is 41.1 Å². The van der Waals surface area contributed by atoms with Crippen LogP contribution in [0.15, 0.2) is 35.9 Å². The van der Waals surface area contributed by atoms with Crippen LogP contribution >= 0.6 is 0 Å². The van der Waals surface area contributed by atoms with Crippen molar-refractivity contribution in [3.8, 4) is 17.2 Å². The Hall–Kier alpha value is -3.57. The molecule has 7 nitrogen and oxygen atoms in total. The minimum absolute atomic E-state index is 0.0618. The molecule has 4 rings (SSSR count). The van der Waals surface area contributed by atoms with E-state index in [1.54, 1.807) is 13.0 Å². The van der Waals surface area contributed by atoms with E-state index in [4.69, 9.17) is 14.2 Å². The van der Waals surface area contributed by atoms with Gasteiger partial charge in [0.05, 0.1) is 33.3 Å². The summed E-state index contributed by atoms with van der Waals surface area (Å²) in [6, 6.07) is 6.46. The number of rotatable bonds is 7. The van der Waals surface area contributed by atoms with Crippen molar-refractivity contribution in [1.82, 2.24) is 5.32 Å². The van der Waals surface area contributed by atoms with Crippen molar-refractivity contribution in [1.29, 1.82) is 0 Å². The van der Waals surface area contributed by atoms with E-state index in [-0.39, 0.29) is 30.2 Å². The summed E-state index contributed by atoms with van der Waals surface area (Å²) in [5.74, 6) is -2.68. The molecule has 1 aliphatic carbocycles. The number of aromatic hydroxyl groups is 1. The van der Waals surface area contributed by atoms with Gasteiger partial charge in [0.15, 0.2) is 17.8 Å². The fraction of sp³-hybridized carbons (Fsp3) is 0.320. The standard InChI is InChI=1S/C25H23F4NO6/c1-13-17(7-14-8-20(33-2)24(32)21(9-14)36-25(27,28)29)16-4-3-15(26)10-19(16)18(13)11-22(31)30-12-23-34-5-6-35-23/h3-4,7-10,23,32H,5-6,11-12H2,1-2H3,(H,30,31)/b17-7-. The molecule has 2 aromatic rings. The zero-order chi connectivity index (χ0) is 26.0. The number of halogens is 4. The van der Waals surface area contributed by atoms with Gasteiger partial charge in [-0.3, -0.25) is 4.79 Å². The van der Waals surface area contributed by atoms with Gasteiger partial charge in [-0.15, -0.1) is 13.2 Å². The Labute approximate surface area is 203 Å². The van der Waals surface area contributed by atoms with Crippen molar-refractivity contribution in [2.24, 2.45) is 0 Å². The summed E-state index contributed by atoms with van der Waals surface area (Å²) >= 11 is 0. The lowest BCUT2D eigenvalue weighted by molar-refractivity contribution is -0.275. The fourth-order valence-corrected chi connectivity index (χ4v) is 4.14. The average Bonchev–Trinajstić information content (AvgIpc) is 3.41. The fourth-order valence-electron chi connectivity index (χ4n) is 4.14. The lowest BCUT2D eigenvalue weighted by atomic mass is 10.00. The average molecular weight is 509 g/mol. The second-order valence-electron chi connectivity index (χ2n) is 8.12. The van der Waals surface area contributed by atoms with Crippen LogP contribution in [-0.2, 0) is 14.3 Å². The first-order chi connectivity index (χ1) is 17.1. The number of nitrogens with one attached hydrogen (secondary N) is 1. The normalized spacial score (nSPS) is 17.0. The Kier molecular flexibility index (Phi) is 7.23. The number of allylic oxidation sites excluding steroid dienone is 2. The molecule has 1 amide bonds. The number of hydrogen-bond acceptors (Lipinski definition) is 6. The largest absolute Gasteiger partial charge is 0.573 e. The Morgan fingerprint density at radius 3 is 2.53 bits per heavy atom. The van der Waals surface area contributed by atoms with Crippen LogP contribution < -0.4 is 14.8 Å². The Morgan fingerprint density at radius 1 is 1.17 bits per heavy atom. The van der Waals surface area contributed by atoms with Crippen molar-refractivity contribution >= 4 is 23.1 Å². The molecule has 1 saturated heterocycles. The number of hydrogen-bond donors (Lipinski definition) is 2. The lowest BCUT2D eigenvalue weighted by Gasteiger charge is -2.14. The molecule has 1 fully saturated rings. The van der Waals surface area contributed by atoms with Crippen LogP contribution in [0.2, 0.25) is 0 Å². The van der Waals surface area contributed by atoms with Crippen LogP contribution in [0.5, 0.6) is 17.2 Å². The molecule has 0 saturated carbocycles. The molecule has 2 N–H and O–H groups in total. The van der Waals surface area contributed by atoms with Crippen molar-refractivity contribution in [3.63, 3.8) is 0 Å². The highest BCUT2D eigenvalue weighted by atomic mass is 19.4. The Bertz CT molecular complexity index is 1230. The van der Waals surface area contributed by atoms with Crippen LogP contribution in [0.3, 0.4) is 0 Å². The third kappa shape index (κ3) is 5.63. The zero-order valence-corrected chi connectivity index (χ0v) is 19.4. The number of carbonyl (C=O) groups excluding carboxylic acids is 1. The zero-order valence-electron chi connectivity index (χ0n) is 19.4. The van der Waals surface area contributed by atoms with E-state index in [1.165, 1.54) is 31.4 Å². The predicted molar refractivity (Wildman–Crippen MR) is 122 cm³/mol. The van der Waals surface area contributed by atoms with Crippen molar-refractivity contribution < 1.29 is 46.4 Å². The molecule has 0 spiro atoms. The molecule has 11 heteroatoms. The SMILES string of the molecule is COc1cc(/C=C2/C(C)=C(CC(=O)NCC3OCCO3)c3cc(F)ccc32)cc(OC(F)(F)F)c1O. The van der Waals surface area contributed by atoms with Gasteiger partial charge in [-0.05, 0) is 70.7 Å². The van der Waals surface area contributed by atoms with Crippen LogP contribution in [0, 0.1) is 5.82 Å². The maximum atomic E-state index is 14.1. The van der Waals surface area contributed by atoms with E-state index < -0.39 is 30.0 Å². The van der Waals surface area contributed by atoms with Gasteiger partial charge in [0.25, 0.3) is 0 Å². The molecular formula is C25H23F4NO6. The predicted octanol–water partition coefficient (Wildman–Crippen LogP) is 4.65. The summed E-state index contributed by atoms with van der Waals surface area (Å²) in [5, 5.41) is 12.8. The molecule has 2 aromatic carbocycles. The van der Waals surface area contributed by atoms with Gasteiger partial charge in [-0.25, -0.2) is 4.39 Å². The number of fused-ring (bicyclic) bond motifs is 1. The van der Waals surface area contributed by atoms with E-state index in [1.807, 2.05) is 0 Å². The van der Waals surface area contributed by atoms with Gasteiger partial charge >= 0.3 is 6.36 Å². The molecule has 0 unspecified atom stereocenters. The highest BCUT2D eigenvalue weighted by Crippen LogP contribution is 2.45. The molecule has 0 aromatic heterocycles. The number of amides is 1. The third-order valence-corrected chi connectivity index (χ3v) is 5.77. The quantitative estimate of drug-likeness (QED) is 0.529. The molecule has 0 atom stereocenters. The lowest BCUT2D eigenvalue weighted by Crippen LogP contribution is -2.32. The van der Waals surface area contributed by atoms with Gasteiger partial charge in [-0.2, -0.15) is 0 Å². The van der Waals surface area contributed by atoms with Crippen LogP contribution in [-0.4, -0.2) is 50.5 Å². The number of phenolic OH excluding ortho intramolecular Hbond substituents is 1. The summed E-state index contributed by atoms with van der Waals surface area (Å²) < 4.78 is 72.2. The summed E-state index contributed by atoms with van der Waals surface area (Å²) in [6.07, 6.45) is -4.06. The number of benzene rings is 2. The number of methoxy groups -OCH3 is 1.